The number of aromatic hydroxyl groups is 1. The number of aliphatic hydroxyl groups is 1. The summed E-state index contributed by atoms with van der Waals surface area (Å²) in [6.45, 7) is 13.2. The van der Waals surface area contributed by atoms with Crippen LogP contribution in [0.25, 0.3) is 0 Å². The van der Waals surface area contributed by atoms with Gasteiger partial charge in [0.25, 0.3) is 0 Å². The summed E-state index contributed by atoms with van der Waals surface area (Å²) in [5.41, 5.74) is -0.0120. The third-order valence-corrected chi connectivity index (χ3v) is 8.11. The maximum Gasteiger partial charge on any atom is 0.331 e. The first-order chi connectivity index (χ1) is 15.9. The van der Waals surface area contributed by atoms with Crippen LogP contribution in [0.1, 0.15) is 118 Å². The van der Waals surface area contributed by atoms with E-state index in [-0.39, 0.29) is 17.1 Å². The highest BCUT2D eigenvalue weighted by Crippen LogP contribution is 2.38. The predicted octanol–water partition coefficient (Wildman–Crippen LogP) is 6.22. The summed E-state index contributed by atoms with van der Waals surface area (Å²) in [6, 6.07) is 0. The second kappa shape index (κ2) is 15.6. The zero-order valence-electron chi connectivity index (χ0n) is 22.2. The lowest BCUT2D eigenvalue weighted by Gasteiger charge is -2.33. The average molecular weight is 469 g/mol. The van der Waals surface area contributed by atoms with E-state index < -0.39 is 0 Å². The SMILES string of the molecule is CCn1cc(O)n(C(CC)(CC)CCCCOCCCCC(CC)(CC)CCCCO)c1=O. The first-order valence-electron chi connectivity index (χ1n) is 13.6. The molecule has 194 valence electrons. The molecule has 0 aliphatic rings. The van der Waals surface area contributed by atoms with Gasteiger partial charge in [-0.1, -0.05) is 53.4 Å². The van der Waals surface area contributed by atoms with Crippen LogP contribution in [0.4, 0.5) is 0 Å². The van der Waals surface area contributed by atoms with E-state index in [2.05, 4.69) is 27.7 Å². The van der Waals surface area contributed by atoms with Gasteiger partial charge in [-0.15, -0.1) is 0 Å². The molecule has 33 heavy (non-hydrogen) atoms. The Balaban J connectivity index is 2.38. The smallest absolute Gasteiger partial charge is 0.331 e. The van der Waals surface area contributed by atoms with Crippen molar-refractivity contribution in [2.45, 2.75) is 130 Å². The molecule has 0 saturated carbocycles. The Morgan fingerprint density at radius 2 is 1.36 bits per heavy atom. The van der Waals surface area contributed by atoms with Crippen LogP contribution in [0.3, 0.4) is 0 Å². The summed E-state index contributed by atoms with van der Waals surface area (Å²) >= 11 is 0. The molecule has 0 radical (unpaired) electrons. The summed E-state index contributed by atoms with van der Waals surface area (Å²) in [6.07, 6.45) is 15.3. The Morgan fingerprint density at radius 1 is 0.818 bits per heavy atom. The van der Waals surface area contributed by atoms with Crippen molar-refractivity contribution < 1.29 is 14.9 Å². The normalized spacial score (nSPS) is 12.5. The lowest BCUT2D eigenvalue weighted by Crippen LogP contribution is -2.40. The largest absolute Gasteiger partial charge is 0.493 e. The van der Waals surface area contributed by atoms with Gasteiger partial charge in [0.15, 0.2) is 0 Å². The van der Waals surface area contributed by atoms with E-state index in [0.29, 0.717) is 18.6 Å². The van der Waals surface area contributed by atoms with Crippen molar-refractivity contribution in [3.8, 4) is 5.88 Å². The number of unbranched alkanes of at least 4 members (excludes halogenated alkanes) is 3. The Hall–Kier alpha value is -1.27. The summed E-state index contributed by atoms with van der Waals surface area (Å²) < 4.78 is 9.11. The molecule has 0 saturated heterocycles. The Labute approximate surface area is 202 Å². The third-order valence-electron chi connectivity index (χ3n) is 8.11. The van der Waals surface area contributed by atoms with Gasteiger partial charge in [-0.2, -0.15) is 0 Å². The Bertz CT molecular complexity index is 687. The average Bonchev–Trinajstić information content (AvgIpc) is 3.13. The molecule has 0 fully saturated rings. The van der Waals surface area contributed by atoms with Crippen molar-refractivity contribution >= 4 is 0 Å². The first kappa shape index (κ1) is 29.8. The van der Waals surface area contributed by atoms with Crippen LogP contribution in [-0.4, -0.2) is 39.2 Å². The fourth-order valence-corrected chi connectivity index (χ4v) is 5.34. The summed E-state index contributed by atoms with van der Waals surface area (Å²) in [4.78, 5) is 12.7. The summed E-state index contributed by atoms with van der Waals surface area (Å²) in [5.74, 6) is 0.0772. The maximum absolute atomic E-state index is 12.7. The minimum absolute atomic E-state index is 0.0772. The molecule has 0 amide bonds. The van der Waals surface area contributed by atoms with E-state index in [4.69, 9.17) is 9.84 Å². The second-order valence-electron chi connectivity index (χ2n) is 9.74. The van der Waals surface area contributed by atoms with E-state index >= 15 is 0 Å². The number of hydrogen-bond acceptors (Lipinski definition) is 4. The number of ether oxygens (including phenoxy) is 1. The molecule has 0 aliphatic heterocycles. The van der Waals surface area contributed by atoms with Crippen LogP contribution in [0.2, 0.25) is 0 Å². The zero-order chi connectivity index (χ0) is 24.7. The van der Waals surface area contributed by atoms with Crippen molar-refractivity contribution in [2.75, 3.05) is 19.8 Å². The summed E-state index contributed by atoms with van der Waals surface area (Å²) in [5, 5.41) is 19.5. The minimum Gasteiger partial charge on any atom is -0.493 e. The first-order valence-corrected chi connectivity index (χ1v) is 13.6. The zero-order valence-corrected chi connectivity index (χ0v) is 22.2. The van der Waals surface area contributed by atoms with E-state index in [1.54, 1.807) is 15.3 Å². The number of aryl methyl sites for hydroxylation is 1. The van der Waals surface area contributed by atoms with Crippen molar-refractivity contribution in [3.05, 3.63) is 16.7 Å². The number of hydrogen-bond donors (Lipinski definition) is 2. The topological polar surface area (TPSA) is 76.6 Å². The quantitative estimate of drug-likeness (QED) is 0.223. The molecule has 0 spiro atoms. The van der Waals surface area contributed by atoms with Gasteiger partial charge in [0.05, 0.1) is 11.7 Å². The fourth-order valence-electron chi connectivity index (χ4n) is 5.34. The molecule has 1 rings (SSSR count). The van der Waals surface area contributed by atoms with Crippen molar-refractivity contribution in [1.82, 2.24) is 9.13 Å². The van der Waals surface area contributed by atoms with E-state index in [9.17, 15) is 9.90 Å². The van der Waals surface area contributed by atoms with Crippen LogP contribution in [0.5, 0.6) is 5.88 Å². The monoisotopic (exact) mass is 468 g/mol. The predicted molar refractivity (Wildman–Crippen MR) is 137 cm³/mol. The Kier molecular flexibility index (Phi) is 14.1. The molecular weight excluding hydrogens is 416 g/mol. The summed E-state index contributed by atoms with van der Waals surface area (Å²) in [7, 11) is 0. The number of nitrogens with zero attached hydrogens (tertiary/aromatic N) is 2. The highest BCUT2D eigenvalue weighted by Gasteiger charge is 2.32. The molecule has 0 aromatic carbocycles. The van der Waals surface area contributed by atoms with Crippen LogP contribution < -0.4 is 5.69 Å². The lowest BCUT2D eigenvalue weighted by molar-refractivity contribution is 0.114. The van der Waals surface area contributed by atoms with Gasteiger partial charge >= 0.3 is 5.69 Å². The fraction of sp³-hybridized carbons (Fsp3) is 0.889. The molecule has 0 aliphatic carbocycles. The molecular formula is C27H52N2O4. The van der Waals surface area contributed by atoms with Crippen LogP contribution in [0.15, 0.2) is 11.0 Å². The molecule has 6 heteroatoms. The third kappa shape index (κ3) is 8.47. The van der Waals surface area contributed by atoms with Gasteiger partial charge in [0.2, 0.25) is 5.88 Å². The van der Waals surface area contributed by atoms with Crippen LogP contribution in [0, 0.1) is 5.41 Å². The number of aliphatic hydroxyl groups excluding tert-OH is 1. The number of aromatic nitrogens is 2. The van der Waals surface area contributed by atoms with Crippen LogP contribution >= 0.6 is 0 Å². The molecule has 0 atom stereocenters. The maximum atomic E-state index is 12.7. The van der Waals surface area contributed by atoms with Gasteiger partial charge in [-0.25, -0.2) is 4.79 Å². The van der Waals surface area contributed by atoms with E-state index in [1.807, 2.05) is 6.92 Å². The standard InChI is InChI=1S/C27H52N2O4/c1-6-26(7-2,17-11-14-20-30)18-12-15-21-33-22-16-13-19-27(8-3,9-4)29-24(31)23-28(10-5)25(29)32/h23,30-31H,6-22H2,1-5H3. The molecule has 1 aromatic rings. The lowest BCUT2D eigenvalue weighted by atomic mass is 9.74. The van der Waals surface area contributed by atoms with Gasteiger partial charge in [-0.05, 0) is 70.1 Å². The van der Waals surface area contributed by atoms with Gasteiger partial charge in [0.1, 0.15) is 0 Å². The number of rotatable bonds is 20. The molecule has 1 heterocycles. The van der Waals surface area contributed by atoms with Gasteiger partial charge in [-0.3, -0.25) is 9.13 Å². The van der Waals surface area contributed by atoms with E-state index in [1.165, 1.54) is 32.1 Å². The molecule has 0 bridgehead atoms. The Morgan fingerprint density at radius 3 is 1.82 bits per heavy atom. The minimum atomic E-state index is -0.332. The van der Waals surface area contributed by atoms with Gasteiger partial charge < -0.3 is 14.9 Å². The molecule has 0 unspecified atom stereocenters. The van der Waals surface area contributed by atoms with Gasteiger partial charge in [0, 0.05) is 26.4 Å². The van der Waals surface area contributed by atoms with E-state index in [0.717, 1.165) is 64.6 Å². The highest BCUT2D eigenvalue weighted by molar-refractivity contribution is 5.10. The second-order valence-corrected chi connectivity index (χ2v) is 9.74. The highest BCUT2D eigenvalue weighted by atomic mass is 16.5. The molecule has 2 N–H and O–H groups in total. The van der Waals surface area contributed by atoms with Crippen LogP contribution in [-0.2, 0) is 16.8 Å². The number of imidazole rings is 1. The molecule has 6 nitrogen and oxygen atoms in total. The van der Waals surface area contributed by atoms with Crippen molar-refractivity contribution in [3.63, 3.8) is 0 Å². The van der Waals surface area contributed by atoms with Crippen molar-refractivity contribution in [2.24, 2.45) is 5.41 Å². The molecule has 1 aromatic heterocycles. The van der Waals surface area contributed by atoms with Crippen molar-refractivity contribution in [1.29, 1.82) is 0 Å².